The second kappa shape index (κ2) is 11.7. The first-order valence-electron chi connectivity index (χ1n) is 10.8. The highest BCUT2D eigenvalue weighted by Crippen LogP contribution is 2.20. The third kappa shape index (κ3) is 7.53. The number of likely N-dealkylation sites (tertiary alicyclic amines) is 1. The Kier molecular flexibility index (Phi) is 9.32. The molecule has 0 radical (unpaired) electrons. The Hall–Kier alpha value is -2.04. The van der Waals surface area contributed by atoms with Crippen LogP contribution in [0.4, 0.5) is 0 Å². The van der Waals surface area contributed by atoms with Gasteiger partial charge in [-0.05, 0) is 50.8 Å². The molecule has 2 rings (SSSR count). The second-order valence-electron chi connectivity index (χ2n) is 8.02. The molecule has 1 unspecified atom stereocenters. The summed E-state index contributed by atoms with van der Waals surface area (Å²) in [6.07, 6.45) is 6.80. The second-order valence-corrected chi connectivity index (χ2v) is 8.02. The Morgan fingerprint density at radius 1 is 1.25 bits per heavy atom. The van der Waals surface area contributed by atoms with Crippen molar-refractivity contribution in [1.29, 1.82) is 0 Å². The monoisotopic (exact) mass is 388 g/mol. The van der Waals surface area contributed by atoms with Gasteiger partial charge in [0.15, 0.2) is 0 Å². The van der Waals surface area contributed by atoms with Crippen molar-refractivity contribution in [3.05, 3.63) is 29.8 Å². The van der Waals surface area contributed by atoms with Crippen LogP contribution in [0.2, 0.25) is 0 Å². The molecular weight excluding hydrogens is 352 g/mol. The predicted molar refractivity (Wildman–Crippen MR) is 112 cm³/mol. The van der Waals surface area contributed by atoms with Crippen molar-refractivity contribution in [2.45, 2.75) is 71.8 Å². The molecule has 1 aliphatic heterocycles. The Balaban J connectivity index is 1.82. The highest BCUT2D eigenvalue weighted by Gasteiger charge is 2.28. The molecule has 1 N–H and O–H groups in total. The normalized spacial score (nSPS) is 16.9. The first-order valence-corrected chi connectivity index (χ1v) is 10.8. The molecular formula is C23H36N2O3. The standard InChI is InChI=1S/C23H36N2O3/c1-4-5-6-7-13-24-23(27)20-11-9-14-25(17-20)22(26)16-19-10-8-12-21(15-19)28-18(2)3/h8,10,12,15,18,20H,4-7,9,11,13-14,16-17H2,1-3H3,(H,24,27). The van der Waals surface area contributed by atoms with Crippen LogP contribution in [0, 0.1) is 5.92 Å². The average Bonchev–Trinajstić information content (AvgIpc) is 2.67. The molecule has 5 nitrogen and oxygen atoms in total. The first-order chi connectivity index (χ1) is 13.5. The largest absolute Gasteiger partial charge is 0.491 e. The van der Waals surface area contributed by atoms with Crippen molar-refractivity contribution < 1.29 is 14.3 Å². The summed E-state index contributed by atoms with van der Waals surface area (Å²) in [6.45, 7) is 8.16. The number of carbonyl (C=O) groups is 2. The van der Waals surface area contributed by atoms with E-state index in [4.69, 9.17) is 4.74 Å². The van der Waals surface area contributed by atoms with Crippen molar-refractivity contribution >= 4 is 11.8 Å². The van der Waals surface area contributed by atoms with E-state index in [-0.39, 0.29) is 23.8 Å². The number of unbranched alkanes of at least 4 members (excludes halogenated alkanes) is 3. The van der Waals surface area contributed by atoms with Crippen LogP contribution in [0.1, 0.15) is 64.9 Å². The van der Waals surface area contributed by atoms with Gasteiger partial charge < -0.3 is 15.0 Å². The molecule has 0 aliphatic carbocycles. The zero-order chi connectivity index (χ0) is 20.4. The van der Waals surface area contributed by atoms with Crippen molar-refractivity contribution in [2.75, 3.05) is 19.6 Å². The smallest absolute Gasteiger partial charge is 0.227 e. The maximum Gasteiger partial charge on any atom is 0.227 e. The molecule has 1 aromatic carbocycles. The lowest BCUT2D eigenvalue weighted by atomic mass is 9.96. The van der Waals surface area contributed by atoms with Crippen molar-refractivity contribution in [3.63, 3.8) is 0 Å². The molecule has 0 saturated carbocycles. The van der Waals surface area contributed by atoms with E-state index in [2.05, 4.69) is 12.2 Å². The van der Waals surface area contributed by atoms with Crippen LogP contribution in [-0.4, -0.2) is 42.5 Å². The zero-order valence-corrected chi connectivity index (χ0v) is 17.7. The van der Waals surface area contributed by atoms with Crippen molar-refractivity contribution in [2.24, 2.45) is 5.92 Å². The molecule has 28 heavy (non-hydrogen) atoms. The van der Waals surface area contributed by atoms with E-state index in [9.17, 15) is 9.59 Å². The predicted octanol–water partition coefficient (Wildman–Crippen LogP) is 3.95. The van der Waals surface area contributed by atoms with Gasteiger partial charge in [0, 0.05) is 19.6 Å². The Morgan fingerprint density at radius 3 is 2.82 bits per heavy atom. The molecule has 1 aliphatic rings. The van der Waals surface area contributed by atoms with Gasteiger partial charge >= 0.3 is 0 Å². The average molecular weight is 389 g/mol. The minimum Gasteiger partial charge on any atom is -0.491 e. The van der Waals surface area contributed by atoms with Crippen molar-refractivity contribution in [3.8, 4) is 5.75 Å². The lowest BCUT2D eigenvalue weighted by Gasteiger charge is -2.32. The van der Waals surface area contributed by atoms with E-state index in [0.29, 0.717) is 13.0 Å². The number of carbonyl (C=O) groups excluding carboxylic acids is 2. The van der Waals surface area contributed by atoms with Crippen LogP contribution in [0.15, 0.2) is 24.3 Å². The molecule has 1 atom stereocenters. The van der Waals surface area contributed by atoms with Gasteiger partial charge in [0.1, 0.15) is 5.75 Å². The number of benzene rings is 1. The van der Waals surface area contributed by atoms with Crippen LogP contribution in [0.5, 0.6) is 5.75 Å². The maximum atomic E-state index is 12.8. The summed E-state index contributed by atoms with van der Waals surface area (Å²) >= 11 is 0. The number of piperidine rings is 1. The number of ether oxygens (including phenoxy) is 1. The quantitative estimate of drug-likeness (QED) is 0.618. The maximum absolute atomic E-state index is 12.8. The number of hydrogen-bond acceptors (Lipinski definition) is 3. The van der Waals surface area contributed by atoms with E-state index in [1.54, 1.807) is 0 Å². The number of hydrogen-bond donors (Lipinski definition) is 1. The summed E-state index contributed by atoms with van der Waals surface area (Å²) in [6, 6.07) is 7.72. The third-order valence-corrected chi connectivity index (χ3v) is 5.10. The van der Waals surface area contributed by atoms with Crippen LogP contribution < -0.4 is 10.1 Å². The highest BCUT2D eigenvalue weighted by atomic mass is 16.5. The van der Waals surface area contributed by atoms with Gasteiger partial charge in [0.05, 0.1) is 18.4 Å². The fourth-order valence-corrected chi connectivity index (χ4v) is 3.61. The summed E-state index contributed by atoms with van der Waals surface area (Å²) in [5.41, 5.74) is 0.950. The van der Waals surface area contributed by atoms with Crippen LogP contribution in [-0.2, 0) is 16.0 Å². The van der Waals surface area contributed by atoms with E-state index in [1.807, 2.05) is 43.0 Å². The summed E-state index contributed by atoms with van der Waals surface area (Å²) in [7, 11) is 0. The topological polar surface area (TPSA) is 58.6 Å². The molecule has 1 fully saturated rings. The molecule has 1 heterocycles. The molecule has 0 aromatic heterocycles. The number of nitrogens with zero attached hydrogens (tertiary/aromatic N) is 1. The van der Waals surface area contributed by atoms with E-state index < -0.39 is 0 Å². The Labute approximate surface area is 169 Å². The summed E-state index contributed by atoms with van der Waals surface area (Å²) in [4.78, 5) is 27.0. The van der Waals surface area contributed by atoms with Gasteiger partial charge in [-0.15, -0.1) is 0 Å². The van der Waals surface area contributed by atoms with Gasteiger partial charge in [-0.3, -0.25) is 9.59 Å². The molecule has 0 spiro atoms. The van der Waals surface area contributed by atoms with Gasteiger partial charge in [-0.2, -0.15) is 0 Å². The SMILES string of the molecule is CCCCCCNC(=O)C1CCCN(C(=O)Cc2cccc(OC(C)C)c2)C1. The van der Waals surface area contributed by atoms with Crippen LogP contribution >= 0.6 is 0 Å². The molecule has 5 heteroatoms. The number of amides is 2. The van der Waals surface area contributed by atoms with E-state index in [0.717, 1.165) is 50.1 Å². The van der Waals surface area contributed by atoms with Crippen LogP contribution in [0.3, 0.4) is 0 Å². The molecule has 0 bridgehead atoms. The first kappa shape index (κ1) is 22.3. The minimum absolute atomic E-state index is 0.0838. The molecule has 1 saturated heterocycles. The van der Waals surface area contributed by atoms with E-state index >= 15 is 0 Å². The van der Waals surface area contributed by atoms with Gasteiger partial charge in [0.2, 0.25) is 11.8 Å². The molecule has 2 amide bonds. The lowest BCUT2D eigenvalue weighted by Crippen LogP contribution is -2.46. The minimum atomic E-state index is -0.0838. The summed E-state index contributed by atoms with van der Waals surface area (Å²) < 4.78 is 5.71. The van der Waals surface area contributed by atoms with Crippen LogP contribution in [0.25, 0.3) is 0 Å². The van der Waals surface area contributed by atoms with Gasteiger partial charge in [0.25, 0.3) is 0 Å². The fraction of sp³-hybridized carbons (Fsp3) is 0.652. The zero-order valence-electron chi connectivity index (χ0n) is 17.7. The molecule has 156 valence electrons. The Morgan fingerprint density at radius 2 is 2.07 bits per heavy atom. The fourth-order valence-electron chi connectivity index (χ4n) is 3.61. The summed E-state index contributed by atoms with van der Waals surface area (Å²) in [5, 5.41) is 3.05. The van der Waals surface area contributed by atoms with Gasteiger partial charge in [-0.1, -0.05) is 38.3 Å². The van der Waals surface area contributed by atoms with E-state index in [1.165, 1.54) is 12.8 Å². The number of nitrogens with one attached hydrogen (secondary N) is 1. The lowest BCUT2D eigenvalue weighted by molar-refractivity contribution is -0.135. The van der Waals surface area contributed by atoms with Crippen molar-refractivity contribution in [1.82, 2.24) is 10.2 Å². The third-order valence-electron chi connectivity index (χ3n) is 5.10. The van der Waals surface area contributed by atoms with Gasteiger partial charge in [-0.25, -0.2) is 0 Å². The molecule has 1 aromatic rings. The summed E-state index contributed by atoms with van der Waals surface area (Å²) in [5.74, 6) is 0.891. The highest BCUT2D eigenvalue weighted by molar-refractivity contribution is 5.82. The number of rotatable bonds is 10. The Bertz CT molecular complexity index is 630.